The van der Waals surface area contributed by atoms with Gasteiger partial charge >= 0.3 is 0 Å². The predicted molar refractivity (Wildman–Crippen MR) is 107 cm³/mol. The van der Waals surface area contributed by atoms with E-state index in [-0.39, 0.29) is 5.91 Å². The van der Waals surface area contributed by atoms with Gasteiger partial charge in [0, 0.05) is 19.0 Å². The number of nitrogens with one attached hydrogen (secondary N) is 1. The molecule has 0 saturated carbocycles. The van der Waals surface area contributed by atoms with E-state index in [2.05, 4.69) is 25.7 Å². The highest BCUT2D eigenvalue weighted by Crippen LogP contribution is 2.31. The monoisotopic (exact) mass is 416 g/mol. The van der Waals surface area contributed by atoms with Crippen molar-refractivity contribution in [2.24, 2.45) is 0 Å². The Kier molecular flexibility index (Phi) is 5.52. The number of nitrogens with zero attached hydrogens (tertiary/aromatic N) is 5. The van der Waals surface area contributed by atoms with Gasteiger partial charge in [-0.25, -0.2) is 4.39 Å². The molecule has 8 nitrogen and oxygen atoms in total. The molecule has 1 unspecified atom stereocenters. The Morgan fingerprint density at radius 1 is 1.38 bits per heavy atom. The molecule has 0 spiro atoms. The summed E-state index contributed by atoms with van der Waals surface area (Å²) in [5.74, 6) is 0.138. The molecule has 3 aromatic rings. The molecule has 1 N–H and O–H groups in total. The van der Waals surface area contributed by atoms with Crippen LogP contribution < -0.4 is 10.2 Å². The molecular weight excluding hydrogens is 395 g/mol. The molecule has 2 aromatic heterocycles. The van der Waals surface area contributed by atoms with E-state index in [1.165, 1.54) is 17.4 Å². The van der Waals surface area contributed by atoms with Crippen LogP contribution in [0.15, 0.2) is 22.7 Å². The van der Waals surface area contributed by atoms with Gasteiger partial charge in [0.15, 0.2) is 0 Å². The van der Waals surface area contributed by atoms with Crippen LogP contribution in [-0.4, -0.2) is 38.8 Å². The fraction of sp³-hybridized carbons (Fsp3) is 0.421. The van der Waals surface area contributed by atoms with Crippen molar-refractivity contribution in [1.29, 1.82) is 0 Å². The summed E-state index contributed by atoms with van der Waals surface area (Å²) in [4.78, 5) is 18.8. The minimum atomic E-state index is -0.467. The van der Waals surface area contributed by atoms with Gasteiger partial charge in [0.25, 0.3) is 0 Å². The Morgan fingerprint density at radius 2 is 2.24 bits per heavy atom. The molecule has 1 amide bonds. The van der Waals surface area contributed by atoms with E-state index in [4.69, 9.17) is 4.52 Å². The number of hydrogen-bond donors (Lipinski definition) is 1. The van der Waals surface area contributed by atoms with E-state index in [0.29, 0.717) is 41.1 Å². The summed E-state index contributed by atoms with van der Waals surface area (Å²) in [6, 6.07) is 4.32. The maximum atomic E-state index is 15.0. The first kappa shape index (κ1) is 19.4. The van der Waals surface area contributed by atoms with Crippen LogP contribution >= 0.6 is 11.3 Å². The molecule has 1 aromatic carbocycles. The third-order valence-electron chi connectivity index (χ3n) is 4.85. The Morgan fingerprint density at radius 3 is 2.93 bits per heavy atom. The number of amides is 1. The summed E-state index contributed by atoms with van der Waals surface area (Å²) in [6.07, 6.45) is 3.22. The van der Waals surface area contributed by atoms with Crippen LogP contribution in [0.1, 0.15) is 37.1 Å². The van der Waals surface area contributed by atoms with Crippen molar-refractivity contribution in [2.75, 3.05) is 16.8 Å². The third kappa shape index (κ3) is 4.12. The van der Waals surface area contributed by atoms with Crippen LogP contribution in [0.3, 0.4) is 0 Å². The van der Waals surface area contributed by atoms with Crippen molar-refractivity contribution in [3.8, 4) is 11.4 Å². The van der Waals surface area contributed by atoms with Crippen molar-refractivity contribution < 1.29 is 13.7 Å². The summed E-state index contributed by atoms with van der Waals surface area (Å²) in [5.41, 5.74) is 0.919. The summed E-state index contributed by atoms with van der Waals surface area (Å²) in [5, 5.41) is 16.0. The number of carbonyl (C=O) groups is 1. The van der Waals surface area contributed by atoms with Gasteiger partial charge in [-0.05, 0) is 43.9 Å². The number of anilines is 2. The number of halogens is 1. The molecule has 29 heavy (non-hydrogen) atoms. The average molecular weight is 416 g/mol. The van der Waals surface area contributed by atoms with Gasteiger partial charge in [0.2, 0.25) is 22.8 Å². The number of aromatic nitrogens is 4. The van der Waals surface area contributed by atoms with Crippen LogP contribution in [0.25, 0.3) is 11.4 Å². The molecule has 3 heterocycles. The summed E-state index contributed by atoms with van der Waals surface area (Å²) >= 11 is 1.36. The Balaban J connectivity index is 1.55. The van der Waals surface area contributed by atoms with Gasteiger partial charge in [0.05, 0.1) is 5.69 Å². The molecule has 0 aliphatic carbocycles. The fourth-order valence-electron chi connectivity index (χ4n) is 3.42. The van der Waals surface area contributed by atoms with E-state index in [1.54, 1.807) is 19.1 Å². The second-order valence-electron chi connectivity index (χ2n) is 6.85. The first-order chi connectivity index (χ1) is 14.0. The summed E-state index contributed by atoms with van der Waals surface area (Å²) in [6.45, 7) is 4.27. The van der Waals surface area contributed by atoms with Crippen LogP contribution in [0.5, 0.6) is 0 Å². The lowest BCUT2D eigenvalue weighted by atomic mass is 10.00. The summed E-state index contributed by atoms with van der Waals surface area (Å²) in [7, 11) is 0. The number of piperidine rings is 1. The Bertz CT molecular complexity index is 1020. The first-order valence-corrected chi connectivity index (χ1v) is 10.4. The van der Waals surface area contributed by atoms with E-state index in [1.807, 2.05) is 11.8 Å². The predicted octanol–water partition coefficient (Wildman–Crippen LogP) is 3.60. The lowest BCUT2D eigenvalue weighted by molar-refractivity contribution is -0.117. The molecule has 10 heteroatoms. The van der Waals surface area contributed by atoms with Gasteiger partial charge in [0.1, 0.15) is 16.9 Å². The minimum absolute atomic E-state index is 0.194. The highest BCUT2D eigenvalue weighted by molar-refractivity contribution is 7.15. The molecule has 1 aliphatic rings. The minimum Gasteiger partial charge on any atom is -0.357 e. The highest BCUT2D eigenvalue weighted by atomic mass is 32.1. The maximum absolute atomic E-state index is 15.0. The molecule has 152 valence electrons. The van der Waals surface area contributed by atoms with E-state index >= 15 is 0 Å². The average Bonchev–Trinajstić information content (AvgIpc) is 3.36. The smallest absolute Gasteiger partial charge is 0.248 e. The third-order valence-corrected chi connectivity index (χ3v) is 5.83. The lowest BCUT2D eigenvalue weighted by Gasteiger charge is -2.36. The van der Waals surface area contributed by atoms with Crippen molar-refractivity contribution in [1.82, 2.24) is 20.3 Å². The lowest BCUT2D eigenvalue weighted by Crippen LogP contribution is -2.47. The van der Waals surface area contributed by atoms with Gasteiger partial charge in [-0.1, -0.05) is 23.4 Å². The molecule has 0 radical (unpaired) electrons. The number of rotatable bonds is 5. The normalized spacial score (nSPS) is 16.8. The topological polar surface area (TPSA) is 97.0 Å². The highest BCUT2D eigenvalue weighted by Gasteiger charge is 2.31. The molecule has 1 atom stereocenters. The quantitative estimate of drug-likeness (QED) is 0.679. The second-order valence-corrected chi connectivity index (χ2v) is 7.91. The van der Waals surface area contributed by atoms with Gasteiger partial charge in [-0.15, -0.1) is 10.2 Å². The van der Waals surface area contributed by atoms with Crippen LogP contribution in [0, 0.1) is 12.7 Å². The maximum Gasteiger partial charge on any atom is 0.248 e. The summed E-state index contributed by atoms with van der Waals surface area (Å²) < 4.78 is 19.9. The molecule has 1 fully saturated rings. The Hall–Kier alpha value is -2.88. The standard InChI is InChI=1S/C19H21FN6O2S/c1-3-16-23-24-19(29-16)22-18(27)15-6-4-5-9-26(15)14-8-7-12(10-13(14)20)17-21-11(2)28-25-17/h7-8,10,15H,3-6,9H2,1-2H3,(H,22,24,27). The number of benzene rings is 1. The van der Waals surface area contributed by atoms with Crippen LogP contribution in [0.2, 0.25) is 0 Å². The largest absolute Gasteiger partial charge is 0.357 e. The second kappa shape index (κ2) is 8.24. The van der Waals surface area contributed by atoms with Crippen LogP contribution in [-0.2, 0) is 11.2 Å². The van der Waals surface area contributed by atoms with Gasteiger partial charge in [-0.2, -0.15) is 4.98 Å². The van der Waals surface area contributed by atoms with E-state index in [0.717, 1.165) is 24.3 Å². The fourth-order valence-corrected chi connectivity index (χ4v) is 4.11. The zero-order valence-electron chi connectivity index (χ0n) is 16.2. The van der Waals surface area contributed by atoms with Gasteiger partial charge < -0.3 is 9.42 Å². The van der Waals surface area contributed by atoms with E-state index in [9.17, 15) is 9.18 Å². The molecule has 1 aliphatic heterocycles. The zero-order valence-corrected chi connectivity index (χ0v) is 17.0. The van der Waals surface area contributed by atoms with Crippen molar-refractivity contribution in [3.63, 3.8) is 0 Å². The SMILES string of the molecule is CCc1nnc(NC(=O)C2CCCCN2c2ccc(-c3noc(C)n3)cc2F)s1. The first-order valence-electron chi connectivity index (χ1n) is 9.55. The number of aryl methyl sites for hydroxylation is 2. The van der Waals surface area contributed by atoms with Gasteiger partial charge in [-0.3, -0.25) is 10.1 Å². The van der Waals surface area contributed by atoms with Crippen molar-refractivity contribution in [3.05, 3.63) is 34.9 Å². The zero-order chi connectivity index (χ0) is 20.4. The number of hydrogen-bond acceptors (Lipinski definition) is 8. The number of carbonyl (C=O) groups excluding carboxylic acids is 1. The molecule has 4 rings (SSSR count). The molecule has 1 saturated heterocycles. The van der Waals surface area contributed by atoms with E-state index < -0.39 is 11.9 Å². The van der Waals surface area contributed by atoms with Crippen molar-refractivity contribution in [2.45, 2.75) is 45.6 Å². The van der Waals surface area contributed by atoms with Crippen LogP contribution in [0.4, 0.5) is 15.2 Å². The molecular formula is C19H21FN6O2S. The van der Waals surface area contributed by atoms with Crippen molar-refractivity contribution >= 4 is 28.1 Å². The Labute approximate surface area is 171 Å². The molecule has 0 bridgehead atoms.